The number of benzene rings is 3. The highest BCUT2D eigenvalue weighted by molar-refractivity contribution is 7.92. The van der Waals surface area contributed by atoms with Gasteiger partial charge in [0.2, 0.25) is 10.0 Å². The van der Waals surface area contributed by atoms with E-state index in [9.17, 15) is 13.2 Å². The van der Waals surface area contributed by atoms with E-state index in [1.54, 1.807) is 12.1 Å². The second-order valence-corrected chi connectivity index (χ2v) is 11.2. The zero-order valence-corrected chi connectivity index (χ0v) is 21.4. The van der Waals surface area contributed by atoms with Crippen LogP contribution in [-0.2, 0) is 23.1 Å². The Hall–Kier alpha value is -3.32. The first-order chi connectivity index (χ1) is 16.7. The topological polar surface area (TPSA) is 69.7 Å². The molecule has 0 atom stereocenters. The highest BCUT2D eigenvalue weighted by Gasteiger charge is 2.21. The predicted octanol–water partition coefficient (Wildman–Crippen LogP) is 4.80. The largest absolute Gasteiger partial charge is 0.372 e. The molecule has 0 bridgehead atoms. The Balaban J connectivity index is 1.40. The molecule has 1 heterocycles. The summed E-state index contributed by atoms with van der Waals surface area (Å²) in [5, 5.41) is 2.97. The molecule has 1 N–H and O–H groups in total. The van der Waals surface area contributed by atoms with Crippen LogP contribution in [0.4, 0.5) is 11.4 Å². The van der Waals surface area contributed by atoms with E-state index < -0.39 is 10.0 Å². The minimum atomic E-state index is -3.48. The molecule has 1 amide bonds. The number of aryl methyl sites for hydroxylation is 2. The fourth-order valence-corrected chi connectivity index (χ4v) is 5.58. The van der Waals surface area contributed by atoms with Gasteiger partial charge in [0.25, 0.3) is 5.91 Å². The minimum absolute atomic E-state index is 0.158. The number of sulfonamides is 1. The van der Waals surface area contributed by atoms with Crippen LogP contribution in [0.5, 0.6) is 0 Å². The maximum absolute atomic E-state index is 12.7. The Bertz CT molecular complexity index is 1260. The number of anilines is 2. The van der Waals surface area contributed by atoms with Gasteiger partial charge in [-0.05, 0) is 73.2 Å². The Morgan fingerprint density at radius 3 is 2.03 bits per heavy atom. The zero-order chi connectivity index (χ0) is 25.0. The van der Waals surface area contributed by atoms with Gasteiger partial charge < -0.3 is 10.2 Å². The van der Waals surface area contributed by atoms with E-state index >= 15 is 0 Å². The monoisotopic (exact) mass is 491 g/mol. The van der Waals surface area contributed by atoms with E-state index in [4.69, 9.17) is 0 Å². The number of carbonyl (C=O) groups is 1. The molecule has 4 rings (SSSR count). The van der Waals surface area contributed by atoms with Crippen LogP contribution in [0.2, 0.25) is 0 Å². The van der Waals surface area contributed by atoms with Crippen LogP contribution in [0, 0.1) is 13.8 Å². The lowest BCUT2D eigenvalue weighted by molar-refractivity contribution is 0.0951. The molecule has 3 aromatic rings. The fourth-order valence-electron chi connectivity index (χ4n) is 4.57. The molecule has 0 unspecified atom stereocenters. The van der Waals surface area contributed by atoms with Crippen LogP contribution in [0.3, 0.4) is 0 Å². The number of nitrogens with zero attached hydrogens (tertiary/aromatic N) is 2. The second-order valence-electron chi connectivity index (χ2n) is 9.25. The van der Waals surface area contributed by atoms with Crippen molar-refractivity contribution in [3.05, 3.63) is 94.5 Å². The summed E-state index contributed by atoms with van der Waals surface area (Å²) in [5.74, 6) is -0.158. The van der Waals surface area contributed by atoms with Crippen molar-refractivity contribution in [3.8, 4) is 0 Å². The molecule has 1 aliphatic rings. The van der Waals surface area contributed by atoms with Gasteiger partial charge in [-0.3, -0.25) is 9.10 Å². The molecule has 1 fully saturated rings. The zero-order valence-electron chi connectivity index (χ0n) is 20.6. The molecular formula is C28H33N3O3S. The van der Waals surface area contributed by atoms with Gasteiger partial charge in [0, 0.05) is 30.9 Å². The summed E-state index contributed by atoms with van der Waals surface area (Å²) in [7, 11) is -3.48. The summed E-state index contributed by atoms with van der Waals surface area (Å²) >= 11 is 0. The van der Waals surface area contributed by atoms with Crippen LogP contribution < -0.4 is 14.5 Å². The highest BCUT2D eigenvalue weighted by Crippen LogP contribution is 2.28. The molecule has 7 heteroatoms. The highest BCUT2D eigenvalue weighted by atomic mass is 32.2. The number of nitrogens with one attached hydrogen (secondary N) is 1. The quantitative estimate of drug-likeness (QED) is 0.491. The van der Waals surface area contributed by atoms with Crippen LogP contribution >= 0.6 is 0 Å². The average molecular weight is 492 g/mol. The van der Waals surface area contributed by atoms with E-state index in [-0.39, 0.29) is 12.5 Å². The van der Waals surface area contributed by atoms with Crippen molar-refractivity contribution in [2.45, 2.75) is 39.8 Å². The van der Waals surface area contributed by atoms with Crippen molar-refractivity contribution in [3.63, 3.8) is 0 Å². The lowest BCUT2D eigenvalue weighted by Gasteiger charge is -2.26. The third kappa shape index (κ3) is 6.03. The summed E-state index contributed by atoms with van der Waals surface area (Å²) < 4.78 is 26.6. The fraction of sp³-hybridized carbons (Fsp3) is 0.321. The van der Waals surface area contributed by atoms with Gasteiger partial charge in [0.15, 0.2) is 0 Å². The Labute approximate surface area is 208 Å². The molecule has 35 heavy (non-hydrogen) atoms. The molecule has 0 aromatic heterocycles. The number of carbonyl (C=O) groups excluding carboxylic acids is 1. The minimum Gasteiger partial charge on any atom is -0.372 e. The SMILES string of the molecule is Cc1cccc(C)c1N(Cc1ccc(C(=O)NCc2ccc(N3CCCC3)cc2)cc1)S(C)(=O)=O. The van der Waals surface area contributed by atoms with Crippen molar-refractivity contribution in [2.24, 2.45) is 0 Å². The van der Waals surface area contributed by atoms with E-state index in [0.717, 1.165) is 35.3 Å². The third-order valence-corrected chi connectivity index (χ3v) is 7.60. The van der Waals surface area contributed by atoms with Crippen LogP contribution in [0.1, 0.15) is 45.5 Å². The Morgan fingerprint density at radius 2 is 1.46 bits per heavy atom. The maximum atomic E-state index is 12.7. The molecule has 1 saturated heterocycles. The Kier molecular flexibility index (Phi) is 7.45. The van der Waals surface area contributed by atoms with Gasteiger partial charge in [-0.2, -0.15) is 0 Å². The number of hydrogen-bond donors (Lipinski definition) is 1. The maximum Gasteiger partial charge on any atom is 0.251 e. The first kappa shape index (κ1) is 24.8. The molecule has 0 saturated carbocycles. The van der Waals surface area contributed by atoms with E-state index in [2.05, 4.69) is 34.5 Å². The van der Waals surface area contributed by atoms with E-state index in [0.29, 0.717) is 17.8 Å². The van der Waals surface area contributed by atoms with Gasteiger partial charge >= 0.3 is 0 Å². The first-order valence-electron chi connectivity index (χ1n) is 12.0. The smallest absolute Gasteiger partial charge is 0.251 e. The van der Waals surface area contributed by atoms with Crippen molar-refractivity contribution in [2.75, 3.05) is 28.6 Å². The molecule has 184 valence electrons. The van der Waals surface area contributed by atoms with Gasteiger partial charge in [0.05, 0.1) is 18.5 Å². The molecule has 0 radical (unpaired) electrons. The molecule has 6 nitrogen and oxygen atoms in total. The van der Waals surface area contributed by atoms with Gasteiger partial charge in [-0.25, -0.2) is 8.42 Å². The number of amides is 1. The number of rotatable bonds is 8. The summed E-state index contributed by atoms with van der Waals surface area (Å²) in [6.07, 6.45) is 3.71. The summed E-state index contributed by atoms with van der Waals surface area (Å²) in [6, 6.07) is 21.2. The summed E-state index contributed by atoms with van der Waals surface area (Å²) in [5.41, 5.74) is 6.15. The molecule has 0 spiro atoms. The van der Waals surface area contributed by atoms with E-state index in [1.807, 2.05) is 44.2 Å². The van der Waals surface area contributed by atoms with Crippen molar-refractivity contribution in [1.29, 1.82) is 0 Å². The predicted molar refractivity (Wildman–Crippen MR) is 142 cm³/mol. The Morgan fingerprint density at radius 1 is 0.886 bits per heavy atom. The average Bonchev–Trinajstić information content (AvgIpc) is 3.37. The van der Waals surface area contributed by atoms with Crippen molar-refractivity contribution < 1.29 is 13.2 Å². The van der Waals surface area contributed by atoms with Gasteiger partial charge in [0.1, 0.15) is 0 Å². The van der Waals surface area contributed by atoms with Crippen LogP contribution in [0.25, 0.3) is 0 Å². The normalized spacial score (nSPS) is 13.6. The summed E-state index contributed by atoms with van der Waals surface area (Å²) in [4.78, 5) is 15.1. The van der Waals surface area contributed by atoms with Crippen LogP contribution in [-0.4, -0.2) is 33.7 Å². The molecule has 0 aliphatic carbocycles. The molecule has 3 aromatic carbocycles. The number of para-hydroxylation sites is 1. The standard InChI is InChI=1S/C28H33N3O3S/c1-21-7-6-8-22(2)27(21)31(35(3,33)34)20-24-9-13-25(14-10-24)28(32)29-19-23-11-15-26(16-12-23)30-17-4-5-18-30/h6-16H,4-5,17-20H2,1-3H3,(H,29,32). The molecular weight excluding hydrogens is 458 g/mol. The van der Waals surface area contributed by atoms with Crippen molar-refractivity contribution >= 4 is 27.3 Å². The van der Waals surface area contributed by atoms with Gasteiger partial charge in [-0.15, -0.1) is 0 Å². The van der Waals surface area contributed by atoms with Crippen LogP contribution in [0.15, 0.2) is 66.7 Å². The lowest BCUT2D eigenvalue weighted by atomic mass is 10.1. The van der Waals surface area contributed by atoms with Crippen molar-refractivity contribution in [1.82, 2.24) is 5.32 Å². The second kappa shape index (κ2) is 10.5. The lowest BCUT2D eigenvalue weighted by Crippen LogP contribution is -2.30. The third-order valence-electron chi connectivity index (χ3n) is 6.49. The summed E-state index contributed by atoms with van der Waals surface area (Å²) in [6.45, 7) is 6.70. The molecule has 1 aliphatic heterocycles. The van der Waals surface area contributed by atoms with E-state index in [1.165, 1.54) is 29.1 Å². The van der Waals surface area contributed by atoms with Gasteiger partial charge in [-0.1, -0.05) is 42.5 Å². The number of hydrogen-bond acceptors (Lipinski definition) is 4. The first-order valence-corrected chi connectivity index (χ1v) is 13.8.